The second-order valence-corrected chi connectivity index (χ2v) is 4.59. The molecule has 1 aromatic carbocycles. The Morgan fingerprint density at radius 1 is 1.41 bits per heavy atom. The van der Waals surface area contributed by atoms with Gasteiger partial charge in [-0.25, -0.2) is 0 Å². The summed E-state index contributed by atoms with van der Waals surface area (Å²) in [7, 11) is 1.59. The Morgan fingerprint density at radius 3 is 2.65 bits per heavy atom. The van der Waals surface area contributed by atoms with Gasteiger partial charge in [-0.1, -0.05) is 18.2 Å². The van der Waals surface area contributed by atoms with Crippen molar-refractivity contribution < 1.29 is 14.6 Å². The van der Waals surface area contributed by atoms with Crippen molar-refractivity contribution in [3.63, 3.8) is 0 Å². The Hall–Kier alpha value is -1.39. The van der Waals surface area contributed by atoms with Crippen molar-refractivity contribution in [1.29, 1.82) is 0 Å². The Balaban J connectivity index is 2.88. The molecule has 0 unspecified atom stereocenters. The number of carbonyl (C=O) groups is 1. The van der Waals surface area contributed by atoms with Gasteiger partial charge >= 0.3 is 0 Å². The molecule has 0 aliphatic rings. The lowest BCUT2D eigenvalue weighted by atomic mass is 10.0. The van der Waals surface area contributed by atoms with Gasteiger partial charge in [0, 0.05) is 12.7 Å². The smallest absolute Gasteiger partial charge is 0.252 e. The van der Waals surface area contributed by atoms with Gasteiger partial charge in [0.1, 0.15) is 0 Å². The van der Waals surface area contributed by atoms with Crippen LogP contribution in [0.4, 0.5) is 0 Å². The number of carbonyl (C=O) groups excluding carboxylic acids is 1. The Labute approximate surface area is 102 Å². The third-order valence-electron chi connectivity index (χ3n) is 2.41. The van der Waals surface area contributed by atoms with Gasteiger partial charge in [-0.2, -0.15) is 0 Å². The number of aliphatic hydroxyl groups is 1. The van der Waals surface area contributed by atoms with Crippen LogP contribution in [0.3, 0.4) is 0 Å². The van der Waals surface area contributed by atoms with Crippen LogP contribution in [0.5, 0.6) is 0 Å². The number of amides is 1. The molecule has 1 rings (SSSR count). The maximum Gasteiger partial charge on any atom is 0.252 e. The van der Waals surface area contributed by atoms with Crippen molar-refractivity contribution in [2.24, 2.45) is 0 Å². The molecule has 0 fully saturated rings. The molecule has 94 valence electrons. The third-order valence-corrected chi connectivity index (χ3v) is 2.41. The predicted molar refractivity (Wildman–Crippen MR) is 65.8 cm³/mol. The van der Waals surface area contributed by atoms with Crippen molar-refractivity contribution in [3.8, 4) is 0 Å². The van der Waals surface area contributed by atoms with Gasteiger partial charge in [-0.3, -0.25) is 4.79 Å². The summed E-state index contributed by atoms with van der Waals surface area (Å²) in [6.07, 6.45) is 0. The number of hydrogen-bond donors (Lipinski definition) is 2. The van der Waals surface area contributed by atoms with E-state index < -0.39 is 5.54 Å². The first-order chi connectivity index (χ1) is 8.00. The first-order valence-electron chi connectivity index (χ1n) is 5.50. The number of nitrogens with one attached hydrogen (secondary N) is 1. The number of ether oxygens (including phenoxy) is 1. The summed E-state index contributed by atoms with van der Waals surface area (Å²) < 4.78 is 5.05. The predicted octanol–water partition coefficient (Wildman–Crippen LogP) is 1.33. The van der Waals surface area contributed by atoms with E-state index in [1.807, 2.05) is 12.1 Å². The highest BCUT2D eigenvalue weighted by Gasteiger charge is 2.21. The molecule has 0 radical (unpaired) electrons. The molecule has 0 bridgehead atoms. The van der Waals surface area contributed by atoms with Gasteiger partial charge in [-0.15, -0.1) is 0 Å². The number of benzene rings is 1. The molecule has 0 heterocycles. The zero-order valence-electron chi connectivity index (χ0n) is 10.5. The van der Waals surface area contributed by atoms with Crippen LogP contribution in [-0.2, 0) is 11.3 Å². The molecule has 0 spiro atoms. The van der Waals surface area contributed by atoms with Crippen molar-refractivity contribution in [3.05, 3.63) is 35.4 Å². The minimum absolute atomic E-state index is 0.106. The third kappa shape index (κ3) is 3.84. The summed E-state index contributed by atoms with van der Waals surface area (Å²) in [4.78, 5) is 12.0. The average molecular weight is 237 g/mol. The van der Waals surface area contributed by atoms with Gasteiger partial charge in [0.25, 0.3) is 5.91 Å². The average Bonchev–Trinajstić information content (AvgIpc) is 2.29. The summed E-state index contributed by atoms with van der Waals surface area (Å²) in [5, 5.41) is 11.9. The van der Waals surface area contributed by atoms with Crippen LogP contribution in [0.25, 0.3) is 0 Å². The minimum atomic E-state index is -0.628. The van der Waals surface area contributed by atoms with Crippen LogP contribution in [0.1, 0.15) is 29.8 Å². The monoisotopic (exact) mass is 237 g/mol. The van der Waals surface area contributed by atoms with Crippen LogP contribution in [0, 0.1) is 0 Å². The van der Waals surface area contributed by atoms with Crippen molar-refractivity contribution >= 4 is 5.91 Å². The fourth-order valence-electron chi connectivity index (χ4n) is 1.44. The van der Waals surface area contributed by atoms with Crippen LogP contribution < -0.4 is 5.32 Å². The van der Waals surface area contributed by atoms with Crippen molar-refractivity contribution in [2.45, 2.75) is 26.0 Å². The van der Waals surface area contributed by atoms with Crippen LogP contribution >= 0.6 is 0 Å². The van der Waals surface area contributed by atoms with E-state index in [0.29, 0.717) is 12.2 Å². The zero-order valence-corrected chi connectivity index (χ0v) is 10.5. The van der Waals surface area contributed by atoms with E-state index >= 15 is 0 Å². The number of hydrogen-bond acceptors (Lipinski definition) is 3. The van der Waals surface area contributed by atoms with Crippen LogP contribution in [0.15, 0.2) is 24.3 Å². The summed E-state index contributed by atoms with van der Waals surface area (Å²) >= 11 is 0. The SMILES string of the molecule is COCc1ccccc1C(=O)NC(C)(C)CO. The fraction of sp³-hybridized carbons (Fsp3) is 0.462. The highest BCUT2D eigenvalue weighted by Crippen LogP contribution is 2.11. The Kier molecular flexibility index (Phi) is 4.66. The van der Waals surface area contributed by atoms with Crippen molar-refractivity contribution in [1.82, 2.24) is 5.32 Å². The van der Waals surface area contributed by atoms with E-state index in [9.17, 15) is 4.79 Å². The number of rotatable bonds is 5. The summed E-state index contributed by atoms with van der Waals surface area (Å²) in [6.45, 7) is 3.82. The summed E-state index contributed by atoms with van der Waals surface area (Å²) in [5.74, 6) is -0.197. The van der Waals surface area contributed by atoms with Gasteiger partial charge in [0.2, 0.25) is 0 Å². The van der Waals surface area contributed by atoms with E-state index in [4.69, 9.17) is 9.84 Å². The number of methoxy groups -OCH3 is 1. The largest absolute Gasteiger partial charge is 0.394 e. The topological polar surface area (TPSA) is 58.6 Å². The standard InChI is InChI=1S/C13H19NO3/c1-13(2,9-15)14-12(16)11-7-5-4-6-10(11)8-17-3/h4-7,15H,8-9H2,1-3H3,(H,14,16). The Morgan fingerprint density at radius 2 is 2.06 bits per heavy atom. The molecule has 2 N–H and O–H groups in total. The molecule has 0 aliphatic carbocycles. The first kappa shape index (κ1) is 13.7. The zero-order chi connectivity index (χ0) is 12.9. The van der Waals surface area contributed by atoms with Crippen molar-refractivity contribution in [2.75, 3.05) is 13.7 Å². The molecule has 0 atom stereocenters. The highest BCUT2D eigenvalue weighted by atomic mass is 16.5. The molecule has 4 nitrogen and oxygen atoms in total. The second-order valence-electron chi connectivity index (χ2n) is 4.59. The molecule has 0 saturated carbocycles. The van der Waals surface area contributed by atoms with E-state index in [1.165, 1.54) is 0 Å². The summed E-state index contributed by atoms with van der Waals surface area (Å²) in [5.41, 5.74) is 0.786. The van der Waals surface area contributed by atoms with E-state index in [2.05, 4.69) is 5.32 Å². The van der Waals surface area contributed by atoms with Gasteiger partial charge in [0.05, 0.1) is 18.8 Å². The molecule has 17 heavy (non-hydrogen) atoms. The lowest BCUT2D eigenvalue weighted by Gasteiger charge is -2.24. The van der Waals surface area contributed by atoms with E-state index in [-0.39, 0.29) is 12.5 Å². The van der Waals surface area contributed by atoms with Gasteiger partial charge < -0.3 is 15.2 Å². The lowest BCUT2D eigenvalue weighted by Crippen LogP contribution is -2.46. The van der Waals surface area contributed by atoms with E-state index in [0.717, 1.165) is 5.56 Å². The van der Waals surface area contributed by atoms with E-state index in [1.54, 1.807) is 33.1 Å². The molecular weight excluding hydrogens is 218 g/mol. The van der Waals surface area contributed by atoms with Gasteiger partial charge in [-0.05, 0) is 25.5 Å². The van der Waals surface area contributed by atoms with Crippen LogP contribution in [-0.4, -0.2) is 30.3 Å². The highest BCUT2D eigenvalue weighted by molar-refractivity contribution is 5.96. The lowest BCUT2D eigenvalue weighted by molar-refractivity contribution is 0.0864. The quantitative estimate of drug-likeness (QED) is 0.812. The number of aliphatic hydroxyl groups excluding tert-OH is 1. The van der Waals surface area contributed by atoms with Crippen LogP contribution in [0.2, 0.25) is 0 Å². The minimum Gasteiger partial charge on any atom is -0.394 e. The Bertz CT molecular complexity index is 388. The maximum atomic E-state index is 12.0. The normalized spacial score (nSPS) is 11.3. The van der Waals surface area contributed by atoms with Gasteiger partial charge in [0.15, 0.2) is 0 Å². The fourth-order valence-corrected chi connectivity index (χ4v) is 1.44. The summed E-state index contributed by atoms with van der Waals surface area (Å²) in [6, 6.07) is 7.27. The molecule has 4 heteroatoms. The second kappa shape index (κ2) is 5.80. The first-order valence-corrected chi connectivity index (χ1v) is 5.50. The molecule has 0 aliphatic heterocycles. The molecule has 1 aromatic rings. The molecule has 0 aromatic heterocycles. The molecule has 1 amide bonds. The molecular formula is C13H19NO3. The molecule has 0 saturated heterocycles. The maximum absolute atomic E-state index is 12.0.